The number of halogens is 3. The Morgan fingerprint density at radius 1 is 1.05 bits per heavy atom. The first-order valence-corrected chi connectivity index (χ1v) is 9.45. The zero-order valence-electron chi connectivity index (χ0n) is 13.5. The van der Waals surface area contributed by atoms with E-state index in [-0.39, 0.29) is 12.2 Å². The van der Waals surface area contributed by atoms with Crippen LogP contribution in [-0.4, -0.2) is 8.32 Å². The Balaban J connectivity index is 3.01. The van der Waals surface area contributed by atoms with Crippen molar-refractivity contribution in [3.63, 3.8) is 0 Å². The molecule has 0 unspecified atom stereocenters. The molecule has 2 nitrogen and oxygen atoms in total. The van der Waals surface area contributed by atoms with Gasteiger partial charge in [0.05, 0.1) is 12.9 Å². The second-order valence-electron chi connectivity index (χ2n) is 6.38. The van der Waals surface area contributed by atoms with Crippen LogP contribution in [0, 0.1) is 0 Å². The van der Waals surface area contributed by atoms with Crippen LogP contribution in [-0.2, 0) is 17.2 Å². The van der Waals surface area contributed by atoms with Crippen molar-refractivity contribution in [3.05, 3.63) is 23.7 Å². The third kappa shape index (κ3) is 3.72. The lowest BCUT2D eigenvalue weighted by Crippen LogP contribution is -2.47. The van der Waals surface area contributed by atoms with Crippen molar-refractivity contribution in [3.8, 4) is 0 Å². The largest absolute Gasteiger partial charge is 0.459 e. The molecule has 1 aromatic rings. The van der Waals surface area contributed by atoms with E-state index in [0.29, 0.717) is 16.6 Å². The molecule has 0 aliphatic carbocycles. The molecule has 21 heavy (non-hydrogen) atoms. The van der Waals surface area contributed by atoms with E-state index in [1.54, 1.807) is 0 Å². The van der Waals surface area contributed by atoms with Crippen LogP contribution >= 0.6 is 0 Å². The van der Waals surface area contributed by atoms with Crippen molar-refractivity contribution in [2.45, 2.75) is 70.9 Å². The van der Waals surface area contributed by atoms with E-state index < -0.39 is 20.3 Å². The van der Waals surface area contributed by atoms with Gasteiger partial charge in [-0.05, 0) is 22.7 Å². The van der Waals surface area contributed by atoms with Crippen LogP contribution in [0.4, 0.5) is 13.2 Å². The summed E-state index contributed by atoms with van der Waals surface area (Å²) in [6.45, 7) is 12.6. The van der Waals surface area contributed by atoms with Crippen LogP contribution in [0.25, 0.3) is 0 Å². The van der Waals surface area contributed by atoms with E-state index in [1.807, 2.05) is 0 Å². The van der Waals surface area contributed by atoms with Gasteiger partial charge < -0.3 is 8.84 Å². The molecule has 0 saturated heterocycles. The Kier molecular flexibility index (Phi) is 5.72. The Morgan fingerprint density at radius 2 is 1.52 bits per heavy atom. The van der Waals surface area contributed by atoms with E-state index in [9.17, 15) is 13.2 Å². The van der Waals surface area contributed by atoms with Crippen LogP contribution in [0.2, 0.25) is 16.6 Å². The van der Waals surface area contributed by atoms with Crippen LogP contribution in [0.15, 0.2) is 16.7 Å². The molecule has 1 rings (SSSR count). The van der Waals surface area contributed by atoms with Gasteiger partial charge in [0.1, 0.15) is 0 Å². The highest BCUT2D eigenvalue weighted by atomic mass is 28.4. The Labute approximate surface area is 125 Å². The molecule has 122 valence electrons. The maximum Gasteiger partial charge on any atom is 0.449 e. The molecule has 0 radical (unpaired) electrons. The van der Waals surface area contributed by atoms with Gasteiger partial charge in [-0.25, -0.2) is 0 Å². The molecule has 0 bridgehead atoms. The summed E-state index contributed by atoms with van der Waals surface area (Å²) < 4.78 is 49.3. The van der Waals surface area contributed by atoms with Gasteiger partial charge in [-0.15, -0.1) is 0 Å². The lowest BCUT2D eigenvalue weighted by Gasteiger charge is -2.42. The van der Waals surface area contributed by atoms with Gasteiger partial charge in [0.15, 0.2) is 0 Å². The molecular formula is C15H25F3O2Si. The monoisotopic (exact) mass is 322 g/mol. The van der Waals surface area contributed by atoms with E-state index in [0.717, 1.165) is 6.26 Å². The predicted molar refractivity (Wildman–Crippen MR) is 79.5 cm³/mol. The molecule has 0 amide bonds. The molecule has 6 heteroatoms. The molecule has 0 N–H and O–H groups in total. The Hall–Kier alpha value is -0.753. The fraction of sp³-hybridized carbons (Fsp3) is 0.733. The smallest absolute Gasteiger partial charge is 0.449 e. The van der Waals surface area contributed by atoms with Gasteiger partial charge in [-0.2, -0.15) is 13.2 Å². The number of alkyl halides is 3. The summed E-state index contributed by atoms with van der Waals surface area (Å²) in [4.78, 5) is 0. The summed E-state index contributed by atoms with van der Waals surface area (Å²) in [5.41, 5.74) is 1.08. The summed E-state index contributed by atoms with van der Waals surface area (Å²) in [7, 11) is -2.17. The van der Waals surface area contributed by atoms with Gasteiger partial charge >= 0.3 is 6.18 Å². The third-order valence-electron chi connectivity index (χ3n) is 4.19. The molecule has 0 spiro atoms. The molecule has 1 heterocycles. The summed E-state index contributed by atoms with van der Waals surface area (Å²) in [5.74, 6) is -0.943. The average molecular weight is 322 g/mol. The van der Waals surface area contributed by atoms with Crippen molar-refractivity contribution < 1.29 is 22.0 Å². The van der Waals surface area contributed by atoms with Crippen LogP contribution in [0.3, 0.4) is 0 Å². The third-order valence-corrected chi connectivity index (χ3v) is 10.2. The second kappa shape index (κ2) is 6.56. The van der Waals surface area contributed by atoms with E-state index in [2.05, 4.69) is 46.0 Å². The van der Waals surface area contributed by atoms with Crippen LogP contribution < -0.4 is 0 Å². The fourth-order valence-corrected chi connectivity index (χ4v) is 8.81. The van der Waals surface area contributed by atoms with Crippen LogP contribution in [0.5, 0.6) is 0 Å². The summed E-state index contributed by atoms with van der Waals surface area (Å²) in [5, 5.41) is 0. The summed E-state index contributed by atoms with van der Waals surface area (Å²) in [6, 6.07) is 1.35. The first kappa shape index (κ1) is 18.3. The van der Waals surface area contributed by atoms with Crippen molar-refractivity contribution in [1.82, 2.24) is 0 Å². The first-order chi connectivity index (χ1) is 9.53. The zero-order valence-corrected chi connectivity index (χ0v) is 14.5. The molecule has 0 aliphatic rings. The Morgan fingerprint density at radius 3 is 1.90 bits per heavy atom. The highest BCUT2D eigenvalue weighted by molar-refractivity contribution is 6.77. The SMILES string of the molecule is CC(C)[Si](OCc1ccoc1C(F)(F)F)(C(C)C)C(C)C. The Bertz CT molecular complexity index is 428. The maximum absolute atomic E-state index is 12.8. The normalized spacial score (nSPS) is 13.7. The van der Waals surface area contributed by atoms with Crippen LogP contribution in [0.1, 0.15) is 52.9 Å². The van der Waals surface area contributed by atoms with Gasteiger partial charge in [-0.1, -0.05) is 41.5 Å². The molecule has 1 aromatic heterocycles. The van der Waals surface area contributed by atoms with Gasteiger partial charge in [-0.3, -0.25) is 0 Å². The van der Waals surface area contributed by atoms with E-state index in [4.69, 9.17) is 4.43 Å². The van der Waals surface area contributed by atoms with Crippen molar-refractivity contribution >= 4 is 8.32 Å². The number of furan rings is 1. The van der Waals surface area contributed by atoms with Gasteiger partial charge in [0.25, 0.3) is 0 Å². The quantitative estimate of drug-likeness (QED) is 0.600. The lowest BCUT2D eigenvalue weighted by atomic mass is 10.2. The van der Waals surface area contributed by atoms with Gasteiger partial charge in [0, 0.05) is 5.56 Å². The fourth-order valence-electron chi connectivity index (χ4n) is 3.40. The molecule has 0 fully saturated rings. The summed E-state index contributed by atoms with van der Waals surface area (Å²) in [6.07, 6.45) is -3.40. The minimum absolute atomic E-state index is 0.0356. The molecule has 0 saturated carbocycles. The van der Waals surface area contributed by atoms with Gasteiger partial charge in [0.2, 0.25) is 14.1 Å². The second-order valence-corrected chi connectivity index (χ2v) is 11.8. The standard InChI is InChI=1S/C15H25F3O2Si/c1-10(2)21(11(3)4,12(5)6)20-9-13-7-8-19-14(13)15(16,17)18/h7-8,10-12H,9H2,1-6H3. The maximum atomic E-state index is 12.8. The topological polar surface area (TPSA) is 22.4 Å². The zero-order chi connectivity index (χ0) is 16.4. The highest BCUT2D eigenvalue weighted by Gasteiger charge is 2.46. The first-order valence-electron chi connectivity index (χ1n) is 7.31. The number of hydrogen-bond donors (Lipinski definition) is 0. The van der Waals surface area contributed by atoms with E-state index >= 15 is 0 Å². The molecule has 0 atom stereocenters. The van der Waals surface area contributed by atoms with Crippen molar-refractivity contribution in [1.29, 1.82) is 0 Å². The molecule has 0 aliphatic heterocycles. The highest BCUT2D eigenvalue weighted by Crippen LogP contribution is 2.43. The number of hydrogen-bond acceptors (Lipinski definition) is 2. The minimum atomic E-state index is -4.47. The van der Waals surface area contributed by atoms with E-state index in [1.165, 1.54) is 6.07 Å². The lowest BCUT2D eigenvalue weighted by molar-refractivity contribution is -0.154. The average Bonchev–Trinajstić information content (AvgIpc) is 2.76. The molecular weight excluding hydrogens is 297 g/mol. The number of rotatable bonds is 6. The van der Waals surface area contributed by atoms with Crippen molar-refractivity contribution in [2.24, 2.45) is 0 Å². The summed E-state index contributed by atoms with van der Waals surface area (Å²) >= 11 is 0. The van der Waals surface area contributed by atoms with Crippen molar-refractivity contribution in [2.75, 3.05) is 0 Å². The minimum Gasteiger partial charge on any atom is -0.459 e. The predicted octanol–water partition coefficient (Wildman–Crippen LogP) is 5.99. The molecule has 0 aromatic carbocycles.